The van der Waals surface area contributed by atoms with E-state index in [2.05, 4.69) is 4.98 Å². The number of hydrogen-bond acceptors (Lipinski definition) is 3. The van der Waals surface area contributed by atoms with E-state index in [4.69, 9.17) is 5.11 Å². The molecule has 0 spiro atoms. The summed E-state index contributed by atoms with van der Waals surface area (Å²) in [6, 6.07) is 6.19. The molecule has 0 bridgehead atoms. The second-order valence-corrected chi connectivity index (χ2v) is 4.42. The number of nitrogens with zero attached hydrogens (tertiary/aromatic N) is 1. The summed E-state index contributed by atoms with van der Waals surface area (Å²) in [4.78, 5) is 15.1. The first-order valence-corrected chi connectivity index (χ1v) is 5.71. The zero-order valence-corrected chi connectivity index (χ0v) is 9.75. The standard InChI is InChI=1S/C12H7F2NO2S/c13-7-3-4-9(8(14)6-7)18-10-2-1-5-15-11(10)12(16)17/h1-6H,(H,16,17). The molecule has 6 heteroatoms. The average Bonchev–Trinajstić information content (AvgIpc) is 2.33. The summed E-state index contributed by atoms with van der Waals surface area (Å²) in [5, 5.41) is 8.93. The van der Waals surface area contributed by atoms with Gasteiger partial charge in [-0.3, -0.25) is 0 Å². The third-order valence-electron chi connectivity index (χ3n) is 2.09. The van der Waals surface area contributed by atoms with Crippen LogP contribution in [0.2, 0.25) is 0 Å². The second-order valence-electron chi connectivity index (χ2n) is 3.33. The molecular formula is C12H7F2NO2S. The van der Waals surface area contributed by atoms with Gasteiger partial charge in [0.1, 0.15) is 11.6 Å². The minimum atomic E-state index is -1.19. The van der Waals surface area contributed by atoms with Crippen molar-refractivity contribution in [1.82, 2.24) is 4.98 Å². The van der Waals surface area contributed by atoms with Crippen molar-refractivity contribution in [2.45, 2.75) is 9.79 Å². The number of carboxylic acids is 1. The fourth-order valence-electron chi connectivity index (χ4n) is 1.31. The molecule has 0 aliphatic carbocycles. The van der Waals surface area contributed by atoms with E-state index in [9.17, 15) is 13.6 Å². The van der Waals surface area contributed by atoms with E-state index in [1.165, 1.54) is 18.3 Å². The van der Waals surface area contributed by atoms with Crippen molar-refractivity contribution in [1.29, 1.82) is 0 Å². The maximum atomic E-state index is 13.4. The minimum Gasteiger partial charge on any atom is -0.476 e. The molecule has 2 aromatic rings. The van der Waals surface area contributed by atoms with Gasteiger partial charge in [-0.1, -0.05) is 11.8 Å². The lowest BCUT2D eigenvalue weighted by molar-refractivity contribution is 0.0686. The van der Waals surface area contributed by atoms with Crippen molar-refractivity contribution in [3.63, 3.8) is 0 Å². The number of hydrogen-bond donors (Lipinski definition) is 1. The second kappa shape index (κ2) is 5.14. The average molecular weight is 267 g/mol. The van der Waals surface area contributed by atoms with E-state index in [0.717, 1.165) is 23.9 Å². The summed E-state index contributed by atoms with van der Waals surface area (Å²) >= 11 is 0.893. The van der Waals surface area contributed by atoms with E-state index in [1.54, 1.807) is 6.07 Å². The zero-order chi connectivity index (χ0) is 13.1. The van der Waals surface area contributed by atoms with Crippen molar-refractivity contribution in [2.75, 3.05) is 0 Å². The first kappa shape index (κ1) is 12.5. The topological polar surface area (TPSA) is 50.2 Å². The largest absolute Gasteiger partial charge is 0.476 e. The van der Waals surface area contributed by atoms with Crippen LogP contribution in [0, 0.1) is 11.6 Å². The summed E-state index contributed by atoms with van der Waals surface area (Å²) in [6.45, 7) is 0. The Kier molecular flexibility index (Phi) is 3.57. The summed E-state index contributed by atoms with van der Waals surface area (Å²) in [5.41, 5.74) is -0.161. The van der Waals surface area contributed by atoms with Gasteiger partial charge < -0.3 is 5.11 Å². The lowest BCUT2D eigenvalue weighted by atomic mass is 10.3. The number of carbonyl (C=O) groups is 1. The third-order valence-corrected chi connectivity index (χ3v) is 3.19. The van der Waals surface area contributed by atoms with Gasteiger partial charge in [-0.2, -0.15) is 0 Å². The fourth-order valence-corrected chi connectivity index (χ4v) is 2.22. The quantitative estimate of drug-likeness (QED) is 0.927. The molecular weight excluding hydrogens is 260 g/mol. The van der Waals surface area contributed by atoms with Crippen LogP contribution in [0.25, 0.3) is 0 Å². The van der Waals surface area contributed by atoms with Crippen molar-refractivity contribution in [2.24, 2.45) is 0 Å². The molecule has 0 atom stereocenters. The highest BCUT2D eigenvalue weighted by atomic mass is 32.2. The molecule has 1 N–H and O–H groups in total. The Bertz CT molecular complexity index is 604. The van der Waals surface area contributed by atoms with Crippen LogP contribution in [0.5, 0.6) is 0 Å². The molecule has 0 saturated heterocycles. The summed E-state index contributed by atoms with van der Waals surface area (Å²) in [6.07, 6.45) is 1.34. The Balaban J connectivity index is 2.37. The molecule has 0 radical (unpaired) electrons. The van der Waals surface area contributed by atoms with Gasteiger partial charge in [0.05, 0.1) is 0 Å². The van der Waals surface area contributed by atoms with Gasteiger partial charge in [0.15, 0.2) is 5.69 Å². The molecule has 0 aliphatic heterocycles. The number of benzene rings is 1. The maximum Gasteiger partial charge on any atom is 0.355 e. The van der Waals surface area contributed by atoms with Crippen LogP contribution in [0.4, 0.5) is 8.78 Å². The highest BCUT2D eigenvalue weighted by Crippen LogP contribution is 2.31. The van der Waals surface area contributed by atoms with Gasteiger partial charge in [0.2, 0.25) is 0 Å². The van der Waals surface area contributed by atoms with Crippen molar-refractivity contribution >= 4 is 17.7 Å². The van der Waals surface area contributed by atoms with E-state index < -0.39 is 17.6 Å². The van der Waals surface area contributed by atoms with Gasteiger partial charge in [0, 0.05) is 22.1 Å². The highest BCUT2D eigenvalue weighted by molar-refractivity contribution is 7.99. The normalized spacial score (nSPS) is 10.3. The predicted molar refractivity (Wildman–Crippen MR) is 61.7 cm³/mol. The minimum absolute atomic E-state index is 0.145. The Labute approximate surface area is 105 Å². The van der Waals surface area contributed by atoms with Crippen LogP contribution in [0.1, 0.15) is 10.5 Å². The molecule has 1 aromatic carbocycles. The lowest BCUT2D eigenvalue weighted by Gasteiger charge is -2.05. The number of halogens is 2. The first-order valence-electron chi connectivity index (χ1n) is 4.89. The SMILES string of the molecule is O=C(O)c1ncccc1Sc1ccc(F)cc1F. The first-order chi connectivity index (χ1) is 8.58. The third kappa shape index (κ3) is 2.65. The van der Waals surface area contributed by atoms with Gasteiger partial charge in [-0.15, -0.1) is 0 Å². The van der Waals surface area contributed by atoms with E-state index in [0.29, 0.717) is 4.90 Å². The van der Waals surface area contributed by atoms with Gasteiger partial charge in [0.25, 0.3) is 0 Å². The number of pyridine rings is 1. The molecule has 0 amide bonds. The number of carboxylic acid groups (broad SMARTS) is 1. The molecule has 1 aromatic heterocycles. The van der Waals surface area contributed by atoms with Gasteiger partial charge >= 0.3 is 5.97 Å². The van der Waals surface area contributed by atoms with E-state index in [1.807, 2.05) is 0 Å². The predicted octanol–water partition coefficient (Wildman–Crippen LogP) is 3.21. The summed E-state index contributed by atoms with van der Waals surface area (Å²) < 4.78 is 26.2. The molecule has 2 rings (SSSR count). The fraction of sp³-hybridized carbons (Fsp3) is 0. The Morgan fingerprint density at radius 1 is 1.22 bits per heavy atom. The van der Waals surface area contributed by atoms with E-state index in [-0.39, 0.29) is 10.6 Å². The summed E-state index contributed by atoms with van der Waals surface area (Å²) in [7, 11) is 0. The Morgan fingerprint density at radius 3 is 2.67 bits per heavy atom. The zero-order valence-electron chi connectivity index (χ0n) is 8.93. The van der Waals surface area contributed by atoms with E-state index >= 15 is 0 Å². The molecule has 92 valence electrons. The molecule has 0 unspecified atom stereocenters. The molecule has 3 nitrogen and oxygen atoms in total. The number of aromatic carboxylic acids is 1. The molecule has 0 fully saturated rings. The Hall–Kier alpha value is -1.95. The van der Waals surface area contributed by atoms with Crippen LogP contribution >= 0.6 is 11.8 Å². The van der Waals surface area contributed by atoms with Gasteiger partial charge in [-0.05, 0) is 24.3 Å². The molecule has 1 heterocycles. The van der Waals surface area contributed by atoms with Crippen LogP contribution in [-0.4, -0.2) is 16.1 Å². The van der Waals surface area contributed by atoms with Crippen molar-refractivity contribution in [3.05, 3.63) is 53.9 Å². The number of rotatable bonds is 3. The molecule has 0 saturated carbocycles. The van der Waals surface area contributed by atoms with Crippen LogP contribution in [-0.2, 0) is 0 Å². The summed E-state index contributed by atoms with van der Waals surface area (Å²) in [5.74, 6) is -2.61. The van der Waals surface area contributed by atoms with Crippen LogP contribution in [0.3, 0.4) is 0 Å². The van der Waals surface area contributed by atoms with Crippen LogP contribution in [0.15, 0.2) is 46.3 Å². The number of aromatic nitrogens is 1. The van der Waals surface area contributed by atoms with Crippen LogP contribution < -0.4 is 0 Å². The molecule has 18 heavy (non-hydrogen) atoms. The van der Waals surface area contributed by atoms with Crippen molar-refractivity contribution in [3.8, 4) is 0 Å². The van der Waals surface area contributed by atoms with Crippen molar-refractivity contribution < 1.29 is 18.7 Å². The van der Waals surface area contributed by atoms with Gasteiger partial charge in [-0.25, -0.2) is 18.6 Å². The lowest BCUT2D eigenvalue weighted by Crippen LogP contribution is -2.01. The molecule has 0 aliphatic rings. The highest BCUT2D eigenvalue weighted by Gasteiger charge is 2.14. The monoisotopic (exact) mass is 267 g/mol. The smallest absolute Gasteiger partial charge is 0.355 e. The maximum absolute atomic E-state index is 13.4. The Morgan fingerprint density at radius 2 is 2.00 bits per heavy atom.